The Labute approximate surface area is 181 Å². The van der Waals surface area contributed by atoms with Crippen LogP contribution in [0.1, 0.15) is 31.4 Å². The third-order valence-electron chi connectivity index (χ3n) is 4.09. The van der Waals surface area contributed by atoms with E-state index < -0.39 is 5.91 Å². The molecule has 156 valence electrons. The first-order valence-electron chi connectivity index (χ1n) is 8.89. The minimum Gasteiger partial charge on any atom is -0.360 e. The van der Waals surface area contributed by atoms with Crippen molar-refractivity contribution in [2.45, 2.75) is 13.8 Å². The van der Waals surface area contributed by atoms with E-state index in [-0.39, 0.29) is 24.2 Å². The van der Waals surface area contributed by atoms with Crippen LogP contribution in [0.25, 0.3) is 0 Å². The summed E-state index contributed by atoms with van der Waals surface area (Å²) in [4.78, 5) is 39.1. The summed E-state index contributed by atoms with van der Waals surface area (Å²) in [6, 6.07) is 9.99. The van der Waals surface area contributed by atoms with E-state index >= 15 is 0 Å². The highest BCUT2D eigenvalue weighted by Crippen LogP contribution is 2.28. The third kappa shape index (κ3) is 5.05. The highest BCUT2D eigenvalue weighted by molar-refractivity contribution is 7.18. The summed E-state index contributed by atoms with van der Waals surface area (Å²) >= 11 is 7.19. The van der Waals surface area contributed by atoms with E-state index in [9.17, 15) is 14.4 Å². The molecule has 3 aromatic rings. The number of carbonyl (C=O) groups excluding carboxylic acids is 3. The van der Waals surface area contributed by atoms with Gasteiger partial charge in [0.2, 0.25) is 5.91 Å². The van der Waals surface area contributed by atoms with Crippen LogP contribution in [-0.4, -0.2) is 41.4 Å². The Morgan fingerprint density at radius 3 is 2.57 bits per heavy atom. The molecule has 1 aromatic carbocycles. The van der Waals surface area contributed by atoms with Gasteiger partial charge in [-0.3, -0.25) is 14.4 Å². The molecule has 10 heteroatoms. The molecule has 3 amide bonds. The molecule has 0 spiro atoms. The summed E-state index contributed by atoms with van der Waals surface area (Å²) in [5, 5.41) is 9.86. The predicted octanol–water partition coefficient (Wildman–Crippen LogP) is 3.97. The number of aromatic nitrogens is 1. The molecule has 2 aromatic heterocycles. The molecule has 0 aliphatic heterocycles. The average molecular weight is 447 g/mol. The van der Waals surface area contributed by atoms with Crippen LogP contribution in [0.15, 0.2) is 40.9 Å². The average Bonchev–Trinajstić information content (AvgIpc) is 3.26. The van der Waals surface area contributed by atoms with Gasteiger partial charge in [0, 0.05) is 13.1 Å². The Morgan fingerprint density at radius 1 is 1.17 bits per heavy atom. The number of likely N-dealkylation sites (N-methyl/N-ethyl adjacent to an activating group) is 1. The van der Waals surface area contributed by atoms with Gasteiger partial charge in [0.05, 0.1) is 27.0 Å². The van der Waals surface area contributed by atoms with E-state index in [0.717, 1.165) is 11.3 Å². The number of carbonyl (C=O) groups is 3. The first kappa shape index (κ1) is 21.5. The van der Waals surface area contributed by atoms with E-state index in [0.29, 0.717) is 31.8 Å². The summed E-state index contributed by atoms with van der Waals surface area (Å²) in [5.74, 6) is -0.246. The molecule has 0 bridgehead atoms. The standard InChI is InChI=1S/C20H19ClN4O4S/c1-11-8-17(23-19(27)13-6-4-5-7-14(13)21)30-18(11)20(28)25(3)10-16(26)22-15-9-12(2)29-24-15/h4-9H,10H2,1-3H3,(H,23,27)(H,22,24,26). The van der Waals surface area contributed by atoms with Crippen molar-refractivity contribution in [3.05, 3.63) is 63.2 Å². The van der Waals surface area contributed by atoms with Crippen LogP contribution in [0.4, 0.5) is 10.8 Å². The van der Waals surface area contributed by atoms with Crippen molar-refractivity contribution < 1.29 is 18.9 Å². The molecule has 0 aliphatic rings. The quantitative estimate of drug-likeness (QED) is 0.596. The number of hydrogen-bond acceptors (Lipinski definition) is 6. The molecule has 2 N–H and O–H groups in total. The number of aryl methyl sites for hydroxylation is 2. The molecule has 8 nitrogen and oxygen atoms in total. The molecule has 0 saturated carbocycles. The summed E-state index contributed by atoms with van der Waals surface area (Å²) in [7, 11) is 1.52. The summed E-state index contributed by atoms with van der Waals surface area (Å²) < 4.78 is 4.89. The number of anilines is 2. The zero-order valence-electron chi connectivity index (χ0n) is 16.5. The molecule has 0 aliphatic carbocycles. The topological polar surface area (TPSA) is 105 Å². The van der Waals surface area contributed by atoms with Crippen LogP contribution in [0.3, 0.4) is 0 Å². The van der Waals surface area contributed by atoms with Crippen LogP contribution in [0, 0.1) is 13.8 Å². The first-order valence-corrected chi connectivity index (χ1v) is 10.1. The van der Waals surface area contributed by atoms with Crippen molar-refractivity contribution in [1.82, 2.24) is 10.1 Å². The number of nitrogens with zero attached hydrogens (tertiary/aromatic N) is 2. The van der Waals surface area contributed by atoms with Gasteiger partial charge in [0.25, 0.3) is 11.8 Å². The van der Waals surface area contributed by atoms with Crippen molar-refractivity contribution in [3.63, 3.8) is 0 Å². The fraction of sp³-hybridized carbons (Fsp3) is 0.200. The molecule has 30 heavy (non-hydrogen) atoms. The van der Waals surface area contributed by atoms with Crippen LogP contribution in [-0.2, 0) is 4.79 Å². The van der Waals surface area contributed by atoms with Gasteiger partial charge < -0.3 is 20.1 Å². The molecular formula is C20H19ClN4O4S. The van der Waals surface area contributed by atoms with E-state index in [2.05, 4.69) is 15.8 Å². The number of amides is 3. The number of hydrogen-bond donors (Lipinski definition) is 2. The summed E-state index contributed by atoms with van der Waals surface area (Å²) in [6.07, 6.45) is 0. The SMILES string of the molecule is Cc1cc(NC(=O)CN(C)C(=O)c2sc(NC(=O)c3ccccc3Cl)cc2C)no1. The van der Waals surface area contributed by atoms with Gasteiger partial charge in [-0.05, 0) is 37.6 Å². The van der Waals surface area contributed by atoms with Crippen molar-refractivity contribution >= 4 is 51.5 Å². The Kier molecular flexibility index (Phi) is 6.53. The van der Waals surface area contributed by atoms with Crippen molar-refractivity contribution in [2.75, 3.05) is 24.2 Å². The molecule has 0 atom stereocenters. The van der Waals surface area contributed by atoms with Crippen LogP contribution in [0.5, 0.6) is 0 Å². The number of rotatable bonds is 6. The van der Waals surface area contributed by atoms with E-state index in [1.54, 1.807) is 50.2 Å². The second-order valence-electron chi connectivity index (χ2n) is 6.59. The van der Waals surface area contributed by atoms with Gasteiger partial charge in [-0.15, -0.1) is 11.3 Å². The molecular weight excluding hydrogens is 428 g/mol. The molecule has 0 radical (unpaired) electrons. The molecule has 2 heterocycles. The van der Waals surface area contributed by atoms with Crippen molar-refractivity contribution in [2.24, 2.45) is 0 Å². The number of halogens is 1. The zero-order valence-corrected chi connectivity index (χ0v) is 18.1. The number of benzene rings is 1. The lowest BCUT2D eigenvalue weighted by atomic mass is 10.2. The molecule has 0 unspecified atom stereocenters. The van der Waals surface area contributed by atoms with Crippen LogP contribution < -0.4 is 10.6 Å². The Morgan fingerprint density at radius 2 is 1.90 bits per heavy atom. The summed E-state index contributed by atoms with van der Waals surface area (Å²) in [6.45, 7) is 3.31. The summed E-state index contributed by atoms with van der Waals surface area (Å²) in [5.41, 5.74) is 1.04. The lowest BCUT2D eigenvalue weighted by Crippen LogP contribution is -2.34. The predicted molar refractivity (Wildman–Crippen MR) is 115 cm³/mol. The zero-order chi connectivity index (χ0) is 21.8. The van der Waals surface area contributed by atoms with Gasteiger partial charge in [-0.1, -0.05) is 28.9 Å². The molecule has 0 fully saturated rings. The van der Waals surface area contributed by atoms with E-state index in [1.807, 2.05) is 0 Å². The molecule has 3 rings (SSSR count). The lowest BCUT2D eigenvalue weighted by Gasteiger charge is -2.15. The van der Waals surface area contributed by atoms with Crippen LogP contribution >= 0.6 is 22.9 Å². The number of nitrogens with one attached hydrogen (secondary N) is 2. The van der Waals surface area contributed by atoms with Gasteiger partial charge in [0.15, 0.2) is 5.82 Å². The first-order chi connectivity index (χ1) is 14.2. The fourth-order valence-electron chi connectivity index (χ4n) is 2.65. The van der Waals surface area contributed by atoms with Gasteiger partial charge in [-0.25, -0.2) is 0 Å². The Bertz CT molecular complexity index is 1110. The Hall–Kier alpha value is -3.17. The third-order valence-corrected chi connectivity index (χ3v) is 5.56. The van der Waals surface area contributed by atoms with Crippen molar-refractivity contribution in [3.8, 4) is 0 Å². The molecule has 0 saturated heterocycles. The van der Waals surface area contributed by atoms with Crippen molar-refractivity contribution in [1.29, 1.82) is 0 Å². The fourth-order valence-corrected chi connectivity index (χ4v) is 3.93. The normalized spacial score (nSPS) is 10.5. The second kappa shape index (κ2) is 9.10. The number of thiophene rings is 1. The smallest absolute Gasteiger partial charge is 0.264 e. The van der Waals surface area contributed by atoms with Crippen LogP contribution in [0.2, 0.25) is 5.02 Å². The monoisotopic (exact) mass is 446 g/mol. The highest BCUT2D eigenvalue weighted by atomic mass is 35.5. The minimum absolute atomic E-state index is 0.163. The van der Waals surface area contributed by atoms with Gasteiger partial charge >= 0.3 is 0 Å². The van der Waals surface area contributed by atoms with E-state index in [4.69, 9.17) is 16.1 Å². The maximum Gasteiger partial charge on any atom is 0.264 e. The Balaban J connectivity index is 1.64. The second-order valence-corrected chi connectivity index (χ2v) is 8.05. The van der Waals surface area contributed by atoms with Gasteiger partial charge in [-0.2, -0.15) is 0 Å². The maximum absolute atomic E-state index is 12.8. The lowest BCUT2D eigenvalue weighted by molar-refractivity contribution is -0.116. The largest absolute Gasteiger partial charge is 0.360 e. The maximum atomic E-state index is 12.8. The minimum atomic E-state index is -0.402. The van der Waals surface area contributed by atoms with Gasteiger partial charge in [0.1, 0.15) is 5.76 Å². The van der Waals surface area contributed by atoms with E-state index in [1.165, 1.54) is 11.9 Å². The highest BCUT2D eigenvalue weighted by Gasteiger charge is 2.21.